The predicted molar refractivity (Wildman–Crippen MR) is 97.5 cm³/mol. The van der Waals surface area contributed by atoms with E-state index in [9.17, 15) is 9.18 Å². The highest BCUT2D eigenvalue weighted by atomic mass is 19.1. The molecule has 0 radical (unpaired) electrons. The van der Waals surface area contributed by atoms with Gasteiger partial charge in [0.25, 0.3) is 0 Å². The first-order valence-electron chi connectivity index (χ1n) is 9.43. The van der Waals surface area contributed by atoms with Crippen molar-refractivity contribution in [2.45, 2.75) is 57.2 Å². The number of carboxylic acids is 1. The fourth-order valence-electron chi connectivity index (χ4n) is 3.43. The van der Waals surface area contributed by atoms with E-state index in [0.717, 1.165) is 43.4 Å². The van der Waals surface area contributed by atoms with Crippen molar-refractivity contribution in [1.29, 1.82) is 0 Å². The minimum absolute atomic E-state index is 0.0893. The summed E-state index contributed by atoms with van der Waals surface area (Å²) in [5.74, 6) is -0.00116. The third-order valence-electron chi connectivity index (χ3n) is 5.20. The number of pyridine rings is 1. The number of halogens is 1. The van der Waals surface area contributed by atoms with E-state index in [0.29, 0.717) is 17.9 Å². The second kappa shape index (κ2) is 7.55. The van der Waals surface area contributed by atoms with Crippen LogP contribution in [-0.4, -0.2) is 28.3 Å². The lowest BCUT2D eigenvalue weighted by Crippen LogP contribution is -2.25. The fraction of sp³-hybridized carbons (Fsp3) is 0.429. The third kappa shape index (κ3) is 4.04. The Morgan fingerprint density at radius 3 is 2.85 bits per heavy atom. The Hall–Kier alpha value is -2.63. The number of fused-ring (bicyclic) bond motifs is 1. The lowest BCUT2D eigenvalue weighted by molar-refractivity contribution is -0.137. The summed E-state index contributed by atoms with van der Waals surface area (Å²) >= 11 is 0. The smallest absolute Gasteiger partial charge is 0.303 e. The summed E-state index contributed by atoms with van der Waals surface area (Å²) in [5.41, 5.74) is 1.96. The number of rotatable bonds is 6. The maximum atomic E-state index is 14.4. The SMILES string of the molecule is O=C(O)CC[C@H]1CCc2cc(-c3nc(OC4CCC4)ccc3F)ccc2O1. The molecular formula is C21H22FNO4. The first kappa shape index (κ1) is 17.8. The molecule has 6 heteroatoms. The largest absolute Gasteiger partial charge is 0.490 e. The van der Waals surface area contributed by atoms with Crippen LogP contribution < -0.4 is 9.47 Å². The normalized spacial score (nSPS) is 18.9. The molecule has 1 aromatic heterocycles. The monoisotopic (exact) mass is 371 g/mol. The summed E-state index contributed by atoms with van der Waals surface area (Å²) in [7, 11) is 0. The van der Waals surface area contributed by atoms with E-state index in [1.807, 2.05) is 12.1 Å². The van der Waals surface area contributed by atoms with Gasteiger partial charge in [-0.2, -0.15) is 0 Å². The predicted octanol–water partition coefficient (Wildman–Crippen LogP) is 4.38. The number of carboxylic acid groups (broad SMARTS) is 1. The van der Waals surface area contributed by atoms with Crippen LogP contribution in [0.25, 0.3) is 11.3 Å². The van der Waals surface area contributed by atoms with Gasteiger partial charge in [0, 0.05) is 18.1 Å². The van der Waals surface area contributed by atoms with E-state index < -0.39 is 5.97 Å². The van der Waals surface area contributed by atoms with Gasteiger partial charge in [-0.25, -0.2) is 9.37 Å². The highest BCUT2D eigenvalue weighted by Gasteiger charge is 2.23. The number of hydrogen-bond acceptors (Lipinski definition) is 4. The molecule has 1 atom stereocenters. The third-order valence-corrected chi connectivity index (χ3v) is 5.20. The molecule has 5 nitrogen and oxygen atoms in total. The van der Waals surface area contributed by atoms with Crippen molar-refractivity contribution in [3.8, 4) is 22.9 Å². The van der Waals surface area contributed by atoms with Crippen LogP contribution in [0.1, 0.15) is 44.1 Å². The van der Waals surface area contributed by atoms with Crippen LogP contribution in [0, 0.1) is 5.82 Å². The molecule has 0 amide bonds. The van der Waals surface area contributed by atoms with Gasteiger partial charge in [0.1, 0.15) is 23.4 Å². The first-order valence-corrected chi connectivity index (χ1v) is 9.43. The molecule has 4 rings (SSSR count). The van der Waals surface area contributed by atoms with Crippen molar-refractivity contribution < 1.29 is 23.8 Å². The molecule has 2 aliphatic rings. The summed E-state index contributed by atoms with van der Waals surface area (Å²) in [6.45, 7) is 0. The Kier molecular flexibility index (Phi) is 4.97. The summed E-state index contributed by atoms with van der Waals surface area (Å²) < 4.78 is 26.0. The molecule has 1 saturated carbocycles. The first-order chi connectivity index (χ1) is 13.1. The second-order valence-electron chi connectivity index (χ2n) is 7.18. The van der Waals surface area contributed by atoms with E-state index in [2.05, 4.69) is 4.98 Å². The van der Waals surface area contributed by atoms with E-state index in [1.165, 1.54) is 6.07 Å². The van der Waals surface area contributed by atoms with Crippen LogP contribution in [0.15, 0.2) is 30.3 Å². The lowest BCUT2D eigenvalue weighted by Gasteiger charge is -2.26. The Labute approximate surface area is 157 Å². The van der Waals surface area contributed by atoms with Crippen LogP contribution >= 0.6 is 0 Å². The van der Waals surface area contributed by atoms with Gasteiger partial charge in [-0.1, -0.05) is 0 Å². The Morgan fingerprint density at radius 2 is 2.11 bits per heavy atom. The van der Waals surface area contributed by atoms with Gasteiger partial charge in [-0.05, 0) is 68.4 Å². The highest BCUT2D eigenvalue weighted by molar-refractivity contribution is 5.66. The zero-order valence-electron chi connectivity index (χ0n) is 15.0. The molecule has 0 unspecified atom stereocenters. The van der Waals surface area contributed by atoms with Gasteiger partial charge < -0.3 is 14.6 Å². The van der Waals surface area contributed by atoms with Gasteiger partial charge >= 0.3 is 5.97 Å². The summed E-state index contributed by atoms with van der Waals surface area (Å²) in [5, 5.41) is 8.82. The topological polar surface area (TPSA) is 68.7 Å². The lowest BCUT2D eigenvalue weighted by atomic mass is 9.96. The summed E-state index contributed by atoms with van der Waals surface area (Å²) in [6, 6.07) is 8.48. The molecule has 0 spiro atoms. The molecule has 1 aliphatic carbocycles. The minimum Gasteiger partial charge on any atom is -0.490 e. The minimum atomic E-state index is -0.815. The van der Waals surface area contributed by atoms with Crippen molar-refractivity contribution in [1.82, 2.24) is 4.98 Å². The molecule has 0 bridgehead atoms. The Balaban J connectivity index is 1.52. The van der Waals surface area contributed by atoms with Crippen molar-refractivity contribution in [2.75, 3.05) is 0 Å². The van der Waals surface area contributed by atoms with Crippen LogP contribution in [0.4, 0.5) is 4.39 Å². The van der Waals surface area contributed by atoms with E-state index >= 15 is 0 Å². The van der Waals surface area contributed by atoms with Gasteiger partial charge in [0.05, 0.1) is 6.10 Å². The van der Waals surface area contributed by atoms with Gasteiger partial charge in [0.2, 0.25) is 5.88 Å². The van der Waals surface area contributed by atoms with E-state index in [1.54, 1.807) is 12.1 Å². The van der Waals surface area contributed by atoms with E-state index in [4.69, 9.17) is 14.6 Å². The molecule has 1 fully saturated rings. The molecule has 0 saturated heterocycles. The number of aromatic nitrogens is 1. The average Bonchev–Trinajstić information content (AvgIpc) is 2.63. The van der Waals surface area contributed by atoms with Crippen LogP contribution in [0.2, 0.25) is 0 Å². The zero-order chi connectivity index (χ0) is 18.8. The quantitative estimate of drug-likeness (QED) is 0.816. The number of aryl methyl sites for hydroxylation is 1. The van der Waals surface area contributed by atoms with Gasteiger partial charge in [-0.3, -0.25) is 4.79 Å². The summed E-state index contributed by atoms with van der Waals surface area (Å²) in [4.78, 5) is 15.1. The molecule has 2 heterocycles. The highest BCUT2D eigenvalue weighted by Crippen LogP contribution is 2.34. The van der Waals surface area contributed by atoms with E-state index in [-0.39, 0.29) is 30.1 Å². The van der Waals surface area contributed by atoms with Crippen molar-refractivity contribution in [2.24, 2.45) is 0 Å². The Morgan fingerprint density at radius 1 is 1.26 bits per heavy atom. The van der Waals surface area contributed by atoms with Crippen molar-refractivity contribution in [3.63, 3.8) is 0 Å². The molecule has 1 aromatic carbocycles. The maximum Gasteiger partial charge on any atom is 0.303 e. The molecule has 1 aliphatic heterocycles. The molecule has 27 heavy (non-hydrogen) atoms. The fourth-order valence-corrected chi connectivity index (χ4v) is 3.43. The summed E-state index contributed by atoms with van der Waals surface area (Å²) in [6.07, 6.45) is 5.42. The molecule has 1 N–H and O–H groups in total. The van der Waals surface area contributed by atoms with Crippen molar-refractivity contribution in [3.05, 3.63) is 41.7 Å². The number of hydrogen-bond donors (Lipinski definition) is 1. The van der Waals surface area contributed by atoms with Gasteiger partial charge in [-0.15, -0.1) is 0 Å². The molecule has 2 aromatic rings. The maximum absolute atomic E-state index is 14.4. The van der Waals surface area contributed by atoms with Crippen molar-refractivity contribution >= 4 is 5.97 Å². The second-order valence-corrected chi connectivity index (χ2v) is 7.18. The number of carbonyl (C=O) groups is 1. The van der Waals surface area contributed by atoms with Crippen LogP contribution in [0.5, 0.6) is 11.6 Å². The number of nitrogens with zero attached hydrogens (tertiary/aromatic N) is 1. The number of benzene rings is 1. The average molecular weight is 371 g/mol. The molecular weight excluding hydrogens is 349 g/mol. The zero-order valence-corrected chi connectivity index (χ0v) is 15.0. The van der Waals surface area contributed by atoms with Gasteiger partial charge in [0.15, 0.2) is 0 Å². The number of aliphatic carboxylic acids is 1. The van der Waals surface area contributed by atoms with Crippen LogP contribution in [-0.2, 0) is 11.2 Å². The number of ether oxygens (including phenoxy) is 2. The standard InChI is InChI=1S/C21H22FNO4/c22-17-8-10-19(27-15-2-1-3-15)23-21(17)14-5-9-18-13(12-14)4-6-16(26-18)7-11-20(24)25/h5,8-10,12,15-16H,1-4,6-7,11H2,(H,24,25)/t16-/m1/s1. The Bertz CT molecular complexity index is 850. The molecule has 142 valence electrons. The van der Waals surface area contributed by atoms with Crippen LogP contribution in [0.3, 0.4) is 0 Å².